The first-order chi connectivity index (χ1) is 22.7. The molecule has 0 saturated heterocycles. The zero-order valence-electron chi connectivity index (χ0n) is 30.7. The van der Waals surface area contributed by atoms with Gasteiger partial charge in [0.15, 0.2) is 0 Å². The van der Waals surface area contributed by atoms with E-state index in [4.69, 9.17) is 17.0 Å². The summed E-state index contributed by atoms with van der Waals surface area (Å²) in [5.41, 5.74) is 21.8. The summed E-state index contributed by atoms with van der Waals surface area (Å²) in [6.45, 7) is 23.0. The monoisotopic (exact) mass is 769 g/mol. The van der Waals surface area contributed by atoms with E-state index in [2.05, 4.69) is 141 Å². The topological polar surface area (TPSA) is 0 Å². The molecule has 6 rings (SSSR count). The van der Waals surface area contributed by atoms with Gasteiger partial charge in [0.25, 0.3) is 0 Å². The van der Waals surface area contributed by atoms with Gasteiger partial charge < -0.3 is 0 Å². The average Bonchev–Trinajstić information content (AvgIpc) is 3.60. The van der Waals surface area contributed by atoms with Crippen LogP contribution in [0.15, 0.2) is 71.8 Å². The van der Waals surface area contributed by atoms with Crippen LogP contribution in [-0.2, 0) is 15.6 Å². The van der Waals surface area contributed by atoms with Crippen LogP contribution in [0.5, 0.6) is 0 Å². The Kier molecular flexibility index (Phi) is 9.93. The summed E-state index contributed by atoms with van der Waals surface area (Å²) in [5, 5.41) is 0. The Hall–Kier alpha value is -1.96. The van der Waals surface area contributed by atoms with E-state index in [0.29, 0.717) is 0 Å². The third-order valence-corrected chi connectivity index (χ3v) is 63.6. The first kappa shape index (κ1) is 35.9. The molecule has 4 heteroatoms. The third kappa shape index (κ3) is 5.66. The molecule has 2 unspecified atom stereocenters. The van der Waals surface area contributed by atoms with Gasteiger partial charge in [-0.1, -0.05) is 0 Å². The number of hydrogen-bond donors (Lipinski definition) is 0. The van der Waals surface area contributed by atoms with Gasteiger partial charge in [0, 0.05) is 0 Å². The van der Waals surface area contributed by atoms with E-state index < -0.39 is 21.5 Å². The fourth-order valence-corrected chi connectivity index (χ4v) is 40.7. The maximum absolute atomic E-state index is 8.77. The standard InChI is InChI=1S/2C21H23.C2H7Si.2ClH.Zr/c2*1-5-7-17-12-18-8-6-9-19(21(18)13-17)20-11-14(2)10-15(3)16(20)4;1-3-2;;;/h2*6,8-13H,5,7H2,1-4H3;3H,1-2H3;2*1H;/q;;;;;+2/p-2. The summed E-state index contributed by atoms with van der Waals surface area (Å²) in [5.74, 6) is -1.64. The second kappa shape index (κ2) is 13.3. The number of aryl methyl sites for hydroxylation is 4. The SMILES string of the molecule is CCCC1=Cc2c(-c3cc(C)cc(C)c3C)cccc2[CH]1[Zr]([Cl])([Cl])([CH]1C(CCC)=Cc2c(-c3cc(C)cc(C)c3C)cccc21)[SiH](C)C. The van der Waals surface area contributed by atoms with Crippen molar-refractivity contribution in [3.8, 4) is 22.3 Å². The summed E-state index contributed by atoms with van der Waals surface area (Å²) in [6.07, 6.45) is 9.29. The number of hydrogen-bond acceptors (Lipinski definition) is 0. The molecule has 0 aliphatic heterocycles. The quantitative estimate of drug-likeness (QED) is 0.149. The summed E-state index contributed by atoms with van der Waals surface area (Å²) in [6, 6.07) is 23.3. The molecule has 0 fully saturated rings. The molecule has 0 bridgehead atoms. The molecular formula is C44H53Cl2SiZr. The van der Waals surface area contributed by atoms with Crippen molar-refractivity contribution in [2.24, 2.45) is 0 Å². The molecule has 2 aliphatic rings. The Morgan fingerprint density at radius 3 is 1.33 bits per heavy atom. The maximum atomic E-state index is 8.77. The van der Waals surface area contributed by atoms with Gasteiger partial charge in [-0.15, -0.1) is 0 Å². The Morgan fingerprint density at radius 1 is 0.583 bits per heavy atom. The van der Waals surface area contributed by atoms with Gasteiger partial charge in [-0.25, -0.2) is 0 Å². The predicted octanol–water partition coefficient (Wildman–Crippen LogP) is 14.0. The Bertz CT molecular complexity index is 1860. The van der Waals surface area contributed by atoms with Crippen LogP contribution < -0.4 is 0 Å². The number of halogens is 2. The summed E-state index contributed by atoms with van der Waals surface area (Å²) in [7, 11) is 17.5. The first-order valence-electron chi connectivity index (χ1n) is 18.1. The van der Waals surface area contributed by atoms with Crippen molar-refractivity contribution in [2.45, 2.75) is 101 Å². The van der Waals surface area contributed by atoms with E-state index >= 15 is 0 Å². The van der Waals surface area contributed by atoms with E-state index in [0.717, 1.165) is 25.7 Å². The summed E-state index contributed by atoms with van der Waals surface area (Å²) < 4.78 is 0.232. The van der Waals surface area contributed by atoms with Gasteiger partial charge in [-0.2, -0.15) is 0 Å². The Labute approximate surface area is 299 Å². The van der Waals surface area contributed by atoms with Gasteiger partial charge in [-0.05, 0) is 0 Å². The number of rotatable bonds is 9. The van der Waals surface area contributed by atoms with Crippen LogP contribution in [0.4, 0.5) is 0 Å². The molecule has 2 aliphatic carbocycles. The van der Waals surface area contributed by atoms with Gasteiger partial charge in [0.1, 0.15) is 0 Å². The van der Waals surface area contributed by atoms with Gasteiger partial charge in [-0.3, -0.25) is 0 Å². The van der Waals surface area contributed by atoms with E-state index in [1.807, 2.05) is 0 Å². The van der Waals surface area contributed by atoms with Crippen molar-refractivity contribution in [3.63, 3.8) is 0 Å². The molecule has 48 heavy (non-hydrogen) atoms. The molecule has 0 spiro atoms. The van der Waals surface area contributed by atoms with Crippen molar-refractivity contribution >= 4 is 35.1 Å². The van der Waals surface area contributed by atoms with Gasteiger partial charge >= 0.3 is 302 Å². The number of allylic oxidation sites excluding steroid dienone is 2. The Balaban J connectivity index is 1.62. The Morgan fingerprint density at radius 2 is 0.979 bits per heavy atom. The average molecular weight is 772 g/mol. The van der Waals surface area contributed by atoms with Crippen molar-refractivity contribution in [1.29, 1.82) is 0 Å². The van der Waals surface area contributed by atoms with Crippen LogP contribution in [0, 0.1) is 41.5 Å². The molecule has 0 saturated carbocycles. The van der Waals surface area contributed by atoms with Crippen molar-refractivity contribution in [2.75, 3.05) is 0 Å². The second-order valence-electron chi connectivity index (χ2n) is 15.3. The van der Waals surface area contributed by atoms with Crippen LogP contribution in [0.3, 0.4) is 0 Å². The third-order valence-electron chi connectivity index (χ3n) is 11.8. The molecule has 4 aromatic rings. The molecule has 0 heterocycles. The molecule has 0 aromatic heterocycles. The van der Waals surface area contributed by atoms with Crippen LogP contribution in [-0.4, -0.2) is 5.92 Å². The molecule has 4 aromatic carbocycles. The van der Waals surface area contributed by atoms with Gasteiger partial charge in [0.2, 0.25) is 0 Å². The van der Waals surface area contributed by atoms with E-state index in [-0.39, 0.29) is 7.25 Å². The van der Waals surface area contributed by atoms with Crippen molar-refractivity contribution < 1.29 is 15.6 Å². The van der Waals surface area contributed by atoms with Crippen molar-refractivity contribution in [3.05, 3.63) is 127 Å². The van der Waals surface area contributed by atoms with Crippen LogP contribution >= 0.6 is 17.0 Å². The second-order valence-corrected chi connectivity index (χ2v) is 57.8. The van der Waals surface area contributed by atoms with E-state index in [1.165, 1.54) is 89.0 Å². The van der Waals surface area contributed by atoms with Crippen LogP contribution in [0.25, 0.3) is 34.4 Å². The number of benzene rings is 4. The zero-order chi connectivity index (χ0) is 34.7. The molecule has 251 valence electrons. The van der Waals surface area contributed by atoms with Crippen molar-refractivity contribution in [1.82, 2.24) is 0 Å². The zero-order valence-corrected chi connectivity index (χ0v) is 35.9. The number of fused-ring (bicyclic) bond motifs is 2. The van der Waals surface area contributed by atoms with Gasteiger partial charge in [0.05, 0.1) is 0 Å². The van der Waals surface area contributed by atoms with E-state index in [1.54, 1.807) is 0 Å². The fourth-order valence-electron chi connectivity index (χ4n) is 9.18. The molecule has 0 nitrogen and oxygen atoms in total. The van der Waals surface area contributed by atoms with E-state index in [9.17, 15) is 0 Å². The van der Waals surface area contributed by atoms with Crippen LogP contribution in [0.2, 0.25) is 13.1 Å². The normalized spacial score (nSPS) is 18.0. The minimum atomic E-state index is -4.85. The molecule has 2 atom stereocenters. The van der Waals surface area contributed by atoms with Crippen LogP contribution in [0.1, 0.15) is 102 Å². The minimum absolute atomic E-state index is 0.116. The molecule has 0 radical (unpaired) electrons. The first-order valence-corrected chi connectivity index (χ1v) is 34.4. The summed E-state index contributed by atoms with van der Waals surface area (Å²) in [4.78, 5) is 0. The molecular weight excluding hydrogens is 719 g/mol. The molecule has 0 amide bonds. The predicted molar refractivity (Wildman–Crippen MR) is 214 cm³/mol. The molecule has 0 N–H and O–H groups in total. The summed E-state index contributed by atoms with van der Waals surface area (Å²) >= 11 is -4.85. The fraction of sp³-hybridized carbons (Fsp3) is 0.364.